The standard InChI is InChI=1S/C12H12N2O/c1-9-5-3-4-6-10(9)12-11(7-15)13-8-14(12)2/h3-8H,1-2H3. The molecule has 1 aromatic heterocycles. The van der Waals surface area contributed by atoms with Crippen molar-refractivity contribution in [1.82, 2.24) is 9.55 Å². The van der Waals surface area contributed by atoms with E-state index in [1.54, 1.807) is 6.33 Å². The number of hydrogen-bond donors (Lipinski definition) is 0. The molecule has 3 heteroatoms. The van der Waals surface area contributed by atoms with E-state index in [-0.39, 0.29) is 0 Å². The van der Waals surface area contributed by atoms with Crippen molar-refractivity contribution >= 4 is 6.29 Å². The van der Waals surface area contributed by atoms with Crippen LogP contribution >= 0.6 is 0 Å². The second kappa shape index (κ2) is 3.69. The van der Waals surface area contributed by atoms with E-state index in [1.165, 1.54) is 0 Å². The number of carbonyl (C=O) groups excluding carboxylic acids is 1. The van der Waals surface area contributed by atoms with Crippen molar-refractivity contribution in [3.8, 4) is 11.3 Å². The number of aromatic nitrogens is 2. The van der Waals surface area contributed by atoms with Crippen LogP contribution in [0.5, 0.6) is 0 Å². The van der Waals surface area contributed by atoms with Gasteiger partial charge in [0.1, 0.15) is 5.69 Å². The average molecular weight is 200 g/mol. The lowest BCUT2D eigenvalue weighted by Gasteiger charge is -2.06. The maximum atomic E-state index is 10.8. The molecule has 0 spiro atoms. The van der Waals surface area contributed by atoms with Crippen LogP contribution in [0.1, 0.15) is 16.1 Å². The van der Waals surface area contributed by atoms with Gasteiger partial charge in [0.2, 0.25) is 0 Å². The zero-order chi connectivity index (χ0) is 10.8. The molecule has 76 valence electrons. The predicted molar refractivity (Wildman–Crippen MR) is 58.8 cm³/mol. The van der Waals surface area contributed by atoms with Crippen LogP contribution in [0.4, 0.5) is 0 Å². The summed E-state index contributed by atoms with van der Waals surface area (Å²) in [5, 5.41) is 0. The van der Waals surface area contributed by atoms with Crippen molar-refractivity contribution in [1.29, 1.82) is 0 Å². The minimum absolute atomic E-state index is 0.492. The Bertz CT molecular complexity index is 500. The van der Waals surface area contributed by atoms with Gasteiger partial charge in [-0.3, -0.25) is 4.79 Å². The summed E-state index contributed by atoms with van der Waals surface area (Å²) in [6.07, 6.45) is 2.45. The average Bonchev–Trinajstić information content (AvgIpc) is 2.60. The lowest BCUT2D eigenvalue weighted by molar-refractivity contribution is 0.112. The van der Waals surface area contributed by atoms with Gasteiger partial charge in [0, 0.05) is 12.6 Å². The highest BCUT2D eigenvalue weighted by atomic mass is 16.1. The van der Waals surface area contributed by atoms with Gasteiger partial charge < -0.3 is 4.57 Å². The van der Waals surface area contributed by atoms with Crippen molar-refractivity contribution in [3.05, 3.63) is 41.9 Å². The minimum Gasteiger partial charge on any atom is -0.333 e. The molecule has 0 unspecified atom stereocenters. The van der Waals surface area contributed by atoms with Crippen LogP contribution in [-0.4, -0.2) is 15.8 Å². The van der Waals surface area contributed by atoms with Gasteiger partial charge in [-0.25, -0.2) is 4.98 Å². The third-order valence-electron chi connectivity index (χ3n) is 2.48. The third kappa shape index (κ3) is 1.56. The van der Waals surface area contributed by atoms with E-state index in [4.69, 9.17) is 0 Å². The number of rotatable bonds is 2. The van der Waals surface area contributed by atoms with Gasteiger partial charge in [-0.15, -0.1) is 0 Å². The summed E-state index contributed by atoms with van der Waals surface area (Å²) in [7, 11) is 1.89. The smallest absolute Gasteiger partial charge is 0.170 e. The molecular formula is C12H12N2O. The molecule has 0 radical (unpaired) electrons. The van der Waals surface area contributed by atoms with Crippen LogP contribution in [0.2, 0.25) is 0 Å². The summed E-state index contributed by atoms with van der Waals surface area (Å²) in [6, 6.07) is 7.97. The molecule has 0 amide bonds. The van der Waals surface area contributed by atoms with E-state index in [1.807, 2.05) is 42.8 Å². The number of aldehydes is 1. The fraction of sp³-hybridized carbons (Fsp3) is 0.167. The number of hydrogen-bond acceptors (Lipinski definition) is 2. The number of carbonyl (C=O) groups is 1. The summed E-state index contributed by atoms with van der Waals surface area (Å²) < 4.78 is 1.87. The lowest BCUT2D eigenvalue weighted by Crippen LogP contribution is -1.94. The van der Waals surface area contributed by atoms with E-state index in [0.29, 0.717) is 5.69 Å². The van der Waals surface area contributed by atoms with Gasteiger partial charge in [0.05, 0.1) is 12.0 Å². The van der Waals surface area contributed by atoms with Crippen LogP contribution in [0, 0.1) is 6.92 Å². The van der Waals surface area contributed by atoms with Gasteiger partial charge in [0.15, 0.2) is 6.29 Å². The molecular weight excluding hydrogens is 188 g/mol. The lowest BCUT2D eigenvalue weighted by atomic mass is 10.0. The molecule has 0 aliphatic carbocycles. The first-order valence-electron chi connectivity index (χ1n) is 4.76. The largest absolute Gasteiger partial charge is 0.333 e. The Morgan fingerprint density at radius 2 is 2.07 bits per heavy atom. The van der Waals surface area contributed by atoms with Gasteiger partial charge in [-0.2, -0.15) is 0 Å². The predicted octanol–water partition coefficient (Wildman–Crippen LogP) is 2.21. The van der Waals surface area contributed by atoms with Gasteiger partial charge in [-0.05, 0) is 12.5 Å². The molecule has 0 bridgehead atoms. The summed E-state index contributed by atoms with van der Waals surface area (Å²) in [5.74, 6) is 0. The Kier molecular flexibility index (Phi) is 2.37. The SMILES string of the molecule is Cc1ccccc1-c1c(C=O)ncn1C. The molecule has 0 N–H and O–H groups in total. The molecule has 1 aromatic carbocycles. The number of imidazole rings is 1. The summed E-state index contributed by atoms with van der Waals surface area (Å²) in [5.41, 5.74) is 3.57. The summed E-state index contributed by atoms with van der Waals surface area (Å²) >= 11 is 0. The molecule has 0 atom stereocenters. The fourth-order valence-corrected chi connectivity index (χ4v) is 1.70. The maximum absolute atomic E-state index is 10.8. The Hall–Kier alpha value is -1.90. The van der Waals surface area contributed by atoms with Gasteiger partial charge in [-0.1, -0.05) is 24.3 Å². The van der Waals surface area contributed by atoms with Crippen LogP contribution in [0.15, 0.2) is 30.6 Å². The van der Waals surface area contributed by atoms with Crippen molar-refractivity contribution in [3.63, 3.8) is 0 Å². The van der Waals surface area contributed by atoms with E-state index < -0.39 is 0 Å². The van der Waals surface area contributed by atoms with Gasteiger partial charge in [0.25, 0.3) is 0 Å². The molecule has 0 saturated heterocycles. The first-order chi connectivity index (χ1) is 7.24. The Morgan fingerprint density at radius 3 is 2.73 bits per heavy atom. The molecule has 0 fully saturated rings. The first kappa shape index (κ1) is 9.65. The zero-order valence-electron chi connectivity index (χ0n) is 8.77. The van der Waals surface area contributed by atoms with Crippen LogP contribution in [0.25, 0.3) is 11.3 Å². The molecule has 2 rings (SSSR count). The van der Waals surface area contributed by atoms with Crippen LogP contribution in [-0.2, 0) is 7.05 Å². The fourth-order valence-electron chi connectivity index (χ4n) is 1.70. The Labute approximate surface area is 88.4 Å². The van der Waals surface area contributed by atoms with E-state index >= 15 is 0 Å². The van der Waals surface area contributed by atoms with Crippen LogP contribution < -0.4 is 0 Å². The first-order valence-corrected chi connectivity index (χ1v) is 4.76. The van der Waals surface area contributed by atoms with Crippen molar-refractivity contribution in [2.24, 2.45) is 7.05 Å². The highest BCUT2D eigenvalue weighted by Gasteiger charge is 2.11. The summed E-state index contributed by atoms with van der Waals surface area (Å²) in [4.78, 5) is 14.9. The van der Waals surface area contributed by atoms with Crippen LogP contribution in [0.3, 0.4) is 0 Å². The summed E-state index contributed by atoms with van der Waals surface area (Å²) in [6.45, 7) is 2.02. The molecule has 2 aromatic rings. The molecule has 3 nitrogen and oxygen atoms in total. The highest BCUT2D eigenvalue weighted by molar-refractivity contribution is 5.84. The third-order valence-corrected chi connectivity index (χ3v) is 2.48. The minimum atomic E-state index is 0.492. The number of nitrogens with zero attached hydrogens (tertiary/aromatic N) is 2. The molecule has 15 heavy (non-hydrogen) atoms. The zero-order valence-corrected chi connectivity index (χ0v) is 8.77. The van der Waals surface area contributed by atoms with E-state index in [9.17, 15) is 4.79 Å². The molecule has 0 aliphatic rings. The topological polar surface area (TPSA) is 34.9 Å². The Morgan fingerprint density at radius 1 is 1.33 bits per heavy atom. The number of aryl methyl sites for hydroxylation is 2. The maximum Gasteiger partial charge on any atom is 0.170 e. The van der Waals surface area contributed by atoms with Crippen molar-refractivity contribution in [2.75, 3.05) is 0 Å². The molecule has 1 heterocycles. The van der Waals surface area contributed by atoms with Crippen molar-refractivity contribution < 1.29 is 4.79 Å². The normalized spacial score (nSPS) is 10.3. The van der Waals surface area contributed by atoms with E-state index in [0.717, 1.165) is 23.1 Å². The Balaban J connectivity index is 2.68. The molecule has 0 aliphatic heterocycles. The second-order valence-corrected chi connectivity index (χ2v) is 3.52. The van der Waals surface area contributed by atoms with Gasteiger partial charge >= 0.3 is 0 Å². The number of benzene rings is 1. The molecule has 0 saturated carbocycles. The second-order valence-electron chi connectivity index (χ2n) is 3.52. The monoisotopic (exact) mass is 200 g/mol. The highest BCUT2D eigenvalue weighted by Crippen LogP contribution is 2.24. The quantitative estimate of drug-likeness (QED) is 0.696. The van der Waals surface area contributed by atoms with E-state index in [2.05, 4.69) is 4.98 Å². The van der Waals surface area contributed by atoms with Crippen molar-refractivity contribution in [2.45, 2.75) is 6.92 Å².